The molecule has 1 fully saturated rings. The zero-order valence-electron chi connectivity index (χ0n) is 16.4. The number of carbonyl (C=O) groups is 1. The molecule has 1 aromatic rings. The van der Waals surface area contributed by atoms with Crippen LogP contribution in [0.5, 0.6) is 0 Å². The Morgan fingerprint density at radius 3 is 2.68 bits per heavy atom. The van der Waals surface area contributed by atoms with Gasteiger partial charge in [0.05, 0.1) is 12.8 Å². The molecule has 140 valence electrons. The molecule has 1 amide bonds. The van der Waals surface area contributed by atoms with E-state index in [4.69, 9.17) is 4.42 Å². The van der Waals surface area contributed by atoms with Crippen molar-refractivity contribution in [3.8, 4) is 0 Å². The van der Waals surface area contributed by atoms with Gasteiger partial charge in [0.2, 0.25) is 5.91 Å². The van der Waals surface area contributed by atoms with Gasteiger partial charge in [-0.15, -0.1) is 6.58 Å². The molecule has 0 bridgehead atoms. The lowest BCUT2D eigenvalue weighted by Gasteiger charge is -2.25. The molecule has 1 aromatic heterocycles. The van der Waals surface area contributed by atoms with Crippen molar-refractivity contribution in [2.24, 2.45) is 5.41 Å². The predicted molar refractivity (Wildman–Crippen MR) is 103 cm³/mol. The second kappa shape index (κ2) is 9.26. The summed E-state index contributed by atoms with van der Waals surface area (Å²) in [7, 11) is 0. The van der Waals surface area contributed by atoms with Crippen molar-refractivity contribution in [2.75, 3.05) is 0 Å². The van der Waals surface area contributed by atoms with Crippen LogP contribution in [0.2, 0.25) is 0 Å². The minimum Gasteiger partial charge on any atom is -0.467 e. The first-order valence-corrected chi connectivity index (χ1v) is 9.94. The number of likely N-dealkylation sites (tertiary alicyclic amines) is 1. The molecule has 0 aromatic carbocycles. The molecule has 1 saturated heterocycles. The minimum atomic E-state index is -0.225. The highest BCUT2D eigenvalue weighted by Gasteiger charge is 2.47. The van der Waals surface area contributed by atoms with Gasteiger partial charge in [-0.3, -0.25) is 4.79 Å². The van der Waals surface area contributed by atoms with Gasteiger partial charge in [-0.2, -0.15) is 0 Å². The lowest BCUT2D eigenvalue weighted by Crippen LogP contribution is -2.35. The number of furan rings is 1. The van der Waals surface area contributed by atoms with E-state index in [9.17, 15) is 4.79 Å². The van der Waals surface area contributed by atoms with Gasteiger partial charge in [0.25, 0.3) is 0 Å². The third-order valence-corrected chi connectivity index (χ3v) is 5.48. The summed E-state index contributed by atoms with van der Waals surface area (Å²) in [6.45, 7) is 11.1. The van der Waals surface area contributed by atoms with E-state index in [0.717, 1.165) is 37.0 Å². The van der Waals surface area contributed by atoms with E-state index in [1.165, 1.54) is 32.1 Å². The van der Waals surface area contributed by atoms with E-state index < -0.39 is 0 Å². The average molecular weight is 346 g/mol. The molecule has 25 heavy (non-hydrogen) atoms. The molecule has 1 aliphatic heterocycles. The fraction of sp³-hybridized carbons (Fsp3) is 0.682. The lowest BCUT2D eigenvalue weighted by atomic mass is 9.81. The summed E-state index contributed by atoms with van der Waals surface area (Å²) in [4.78, 5) is 15.2. The highest BCUT2D eigenvalue weighted by Crippen LogP contribution is 2.42. The van der Waals surface area contributed by atoms with Crippen molar-refractivity contribution in [1.82, 2.24) is 4.90 Å². The molecular weight excluding hydrogens is 310 g/mol. The summed E-state index contributed by atoms with van der Waals surface area (Å²) < 4.78 is 5.48. The fourth-order valence-corrected chi connectivity index (χ4v) is 4.09. The van der Waals surface area contributed by atoms with E-state index >= 15 is 0 Å². The normalized spacial score (nSPS) is 23.4. The Morgan fingerprint density at radius 2 is 2.04 bits per heavy atom. The third kappa shape index (κ3) is 5.49. The van der Waals surface area contributed by atoms with E-state index in [2.05, 4.69) is 27.4 Å². The highest BCUT2D eigenvalue weighted by atomic mass is 16.3. The number of nitrogens with zero attached hydrogens (tertiary/aromatic N) is 1. The van der Waals surface area contributed by atoms with Crippen molar-refractivity contribution in [3.63, 3.8) is 0 Å². The number of carbonyl (C=O) groups excluding carboxylic acids is 1. The third-order valence-electron chi connectivity index (χ3n) is 5.48. The lowest BCUT2D eigenvalue weighted by molar-refractivity contribution is -0.137. The second-order valence-electron chi connectivity index (χ2n) is 8.11. The Hall–Kier alpha value is -1.51. The molecular formula is C22H35NO2. The maximum atomic E-state index is 13.2. The molecule has 2 rings (SSSR count). The van der Waals surface area contributed by atoms with Crippen molar-refractivity contribution in [1.29, 1.82) is 0 Å². The van der Waals surface area contributed by atoms with Crippen LogP contribution in [0, 0.1) is 5.41 Å². The molecule has 0 N–H and O–H groups in total. The molecule has 1 aliphatic rings. The van der Waals surface area contributed by atoms with Crippen LogP contribution < -0.4 is 0 Å². The van der Waals surface area contributed by atoms with Gasteiger partial charge < -0.3 is 9.32 Å². The maximum Gasteiger partial charge on any atom is 0.229 e. The second-order valence-corrected chi connectivity index (χ2v) is 8.11. The molecule has 3 nitrogen and oxygen atoms in total. The van der Waals surface area contributed by atoms with Crippen molar-refractivity contribution < 1.29 is 9.21 Å². The molecule has 2 heterocycles. The molecule has 0 saturated carbocycles. The van der Waals surface area contributed by atoms with Crippen LogP contribution in [0.1, 0.15) is 84.3 Å². The van der Waals surface area contributed by atoms with Gasteiger partial charge in [0.1, 0.15) is 5.76 Å². The first kappa shape index (κ1) is 19.8. The van der Waals surface area contributed by atoms with Crippen LogP contribution in [0.25, 0.3) is 0 Å². The van der Waals surface area contributed by atoms with E-state index in [0.29, 0.717) is 12.5 Å². The van der Waals surface area contributed by atoms with E-state index in [1.807, 2.05) is 17.0 Å². The Labute approximate surface area is 153 Å². The summed E-state index contributed by atoms with van der Waals surface area (Å²) in [5.41, 5.74) is 0.920. The van der Waals surface area contributed by atoms with Crippen LogP contribution in [0.15, 0.2) is 35.0 Å². The Balaban J connectivity index is 1.96. The van der Waals surface area contributed by atoms with Gasteiger partial charge >= 0.3 is 0 Å². The first-order chi connectivity index (χ1) is 12.0. The molecule has 0 radical (unpaired) electrons. The number of rotatable bonds is 11. The summed E-state index contributed by atoms with van der Waals surface area (Å²) in [6.07, 6.45) is 12.1. The monoisotopic (exact) mass is 345 g/mol. The van der Waals surface area contributed by atoms with E-state index in [1.54, 1.807) is 6.26 Å². The van der Waals surface area contributed by atoms with Crippen LogP contribution in [0.3, 0.4) is 0 Å². The largest absolute Gasteiger partial charge is 0.467 e. The number of hydrogen-bond acceptors (Lipinski definition) is 2. The highest BCUT2D eigenvalue weighted by molar-refractivity contribution is 5.85. The molecule has 0 spiro atoms. The zero-order chi connectivity index (χ0) is 18.3. The minimum absolute atomic E-state index is 0.225. The van der Waals surface area contributed by atoms with Crippen LogP contribution in [-0.2, 0) is 11.3 Å². The van der Waals surface area contributed by atoms with Crippen LogP contribution in [0.4, 0.5) is 0 Å². The Bertz CT molecular complexity index is 548. The summed E-state index contributed by atoms with van der Waals surface area (Å²) in [6, 6.07) is 4.09. The van der Waals surface area contributed by atoms with Crippen LogP contribution >= 0.6 is 0 Å². The van der Waals surface area contributed by atoms with Gasteiger partial charge in [-0.1, -0.05) is 57.9 Å². The topological polar surface area (TPSA) is 33.5 Å². The number of hydrogen-bond donors (Lipinski definition) is 0. The van der Waals surface area contributed by atoms with Crippen LogP contribution in [-0.4, -0.2) is 16.8 Å². The van der Waals surface area contributed by atoms with E-state index in [-0.39, 0.29) is 11.5 Å². The quantitative estimate of drug-likeness (QED) is 0.358. The van der Waals surface area contributed by atoms with Gasteiger partial charge in [0.15, 0.2) is 0 Å². The SMILES string of the molecule is C=C(C)C[C@@H]1C[C@](C)(CCCCCCCC)C(=O)N1Cc1ccco1. The molecule has 0 unspecified atom stereocenters. The first-order valence-electron chi connectivity index (χ1n) is 9.94. The molecule has 2 atom stereocenters. The fourth-order valence-electron chi connectivity index (χ4n) is 4.09. The van der Waals surface area contributed by atoms with Gasteiger partial charge in [-0.05, 0) is 38.3 Å². The zero-order valence-corrected chi connectivity index (χ0v) is 16.4. The summed E-state index contributed by atoms with van der Waals surface area (Å²) >= 11 is 0. The smallest absolute Gasteiger partial charge is 0.229 e. The molecule has 0 aliphatic carbocycles. The Morgan fingerprint density at radius 1 is 1.32 bits per heavy atom. The van der Waals surface area contributed by atoms with Crippen molar-refractivity contribution in [3.05, 3.63) is 36.3 Å². The molecule has 3 heteroatoms. The average Bonchev–Trinajstić information content (AvgIpc) is 3.14. The Kier molecular flexibility index (Phi) is 7.34. The predicted octanol–water partition coefficient (Wildman–Crippen LogP) is 6.10. The number of unbranched alkanes of at least 4 members (excludes halogenated alkanes) is 5. The van der Waals surface area contributed by atoms with Crippen molar-refractivity contribution >= 4 is 5.91 Å². The van der Waals surface area contributed by atoms with Crippen molar-refractivity contribution in [2.45, 2.75) is 91.1 Å². The standard InChI is InChI=1S/C22H35NO2/c1-5-6-7-8-9-10-13-22(4)16-19(15-18(2)3)23(21(22)24)17-20-12-11-14-25-20/h11-12,14,19H,2,5-10,13,15-17H2,1,3-4H3/t19-,22+/m1/s1. The van der Waals surface area contributed by atoms with Gasteiger partial charge in [0, 0.05) is 11.5 Å². The summed E-state index contributed by atoms with van der Waals surface area (Å²) in [5, 5.41) is 0. The van der Waals surface area contributed by atoms with Gasteiger partial charge in [-0.25, -0.2) is 0 Å². The number of amides is 1. The summed E-state index contributed by atoms with van der Waals surface area (Å²) in [5.74, 6) is 1.16. The maximum absolute atomic E-state index is 13.2.